The number of nitrogens with one attached hydrogen (secondary N) is 3. The SMILES string of the molecule is CCC(CCO)CNC(=O)c1c[nH]c(=O)[nH]c1=O. The van der Waals surface area contributed by atoms with Gasteiger partial charge in [0.2, 0.25) is 0 Å². The molecule has 1 atom stereocenters. The van der Waals surface area contributed by atoms with Gasteiger partial charge in [-0.1, -0.05) is 13.3 Å². The van der Waals surface area contributed by atoms with Crippen molar-refractivity contribution in [2.75, 3.05) is 13.2 Å². The Morgan fingerprint density at radius 1 is 1.50 bits per heavy atom. The van der Waals surface area contributed by atoms with E-state index in [4.69, 9.17) is 5.11 Å². The average molecular weight is 255 g/mol. The largest absolute Gasteiger partial charge is 0.396 e. The van der Waals surface area contributed by atoms with E-state index >= 15 is 0 Å². The van der Waals surface area contributed by atoms with E-state index in [1.807, 2.05) is 11.9 Å². The zero-order valence-corrected chi connectivity index (χ0v) is 10.2. The van der Waals surface area contributed by atoms with Crippen molar-refractivity contribution >= 4 is 5.91 Å². The Kier molecular flexibility index (Phi) is 5.31. The van der Waals surface area contributed by atoms with Gasteiger partial charge in [-0.3, -0.25) is 14.6 Å². The van der Waals surface area contributed by atoms with Crippen molar-refractivity contribution in [2.24, 2.45) is 5.92 Å². The summed E-state index contributed by atoms with van der Waals surface area (Å²) >= 11 is 0. The first-order valence-corrected chi connectivity index (χ1v) is 5.79. The number of carbonyl (C=O) groups is 1. The number of aromatic amines is 2. The van der Waals surface area contributed by atoms with Crippen molar-refractivity contribution in [1.29, 1.82) is 0 Å². The topological polar surface area (TPSA) is 115 Å². The molecule has 0 saturated carbocycles. The molecular formula is C11H17N3O4. The summed E-state index contributed by atoms with van der Waals surface area (Å²) in [5.41, 5.74) is -1.50. The second-order valence-corrected chi connectivity index (χ2v) is 3.98. The smallest absolute Gasteiger partial charge is 0.325 e. The van der Waals surface area contributed by atoms with E-state index in [0.29, 0.717) is 13.0 Å². The summed E-state index contributed by atoms with van der Waals surface area (Å²) in [6, 6.07) is 0. The van der Waals surface area contributed by atoms with Gasteiger partial charge in [0.15, 0.2) is 0 Å². The summed E-state index contributed by atoms with van der Waals surface area (Å²) in [5, 5.41) is 11.4. The minimum Gasteiger partial charge on any atom is -0.396 e. The average Bonchev–Trinajstić information content (AvgIpc) is 2.34. The van der Waals surface area contributed by atoms with Crippen LogP contribution in [0, 0.1) is 5.92 Å². The van der Waals surface area contributed by atoms with Gasteiger partial charge in [-0.15, -0.1) is 0 Å². The van der Waals surface area contributed by atoms with Gasteiger partial charge in [-0.25, -0.2) is 4.79 Å². The van der Waals surface area contributed by atoms with E-state index in [2.05, 4.69) is 10.3 Å². The molecular weight excluding hydrogens is 238 g/mol. The van der Waals surface area contributed by atoms with E-state index in [-0.39, 0.29) is 18.1 Å². The highest BCUT2D eigenvalue weighted by Crippen LogP contribution is 2.05. The molecule has 18 heavy (non-hydrogen) atoms. The highest BCUT2D eigenvalue weighted by molar-refractivity contribution is 5.93. The predicted octanol–water partition coefficient (Wildman–Crippen LogP) is -0.798. The van der Waals surface area contributed by atoms with Gasteiger partial charge in [-0.2, -0.15) is 0 Å². The Bertz CT molecular complexity index is 506. The molecule has 0 aliphatic rings. The summed E-state index contributed by atoms with van der Waals surface area (Å²) < 4.78 is 0. The number of hydrogen-bond donors (Lipinski definition) is 4. The fourth-order valence-electron chi connectivity index (χ4n) is 1.54. The minimum absolute atomic E-state index is 0.0631. The lowest BCUT2D eigenvalue weighted by Crippen LogP contribution is -2.35. The maximum atomic E-state index is 11.7. The van der Waals surface area contributed by atoms with Crippen LogP contribution < -0.4 is 16.6 Å². The van der Waals surface area contributed by atoms with Crippen LogP contribution >= 0.6 is 0 Å². The normalized spacial score (nSPS) is 12.1. The molecule has 0 radical (unpaired) electrons. The zero-order chi connectivity index (χ0) is 13.5. The van der Waals surface area contributed by atoms with Gasteiger partial charge < -0.3 is 15.4 Å². The van der Waals surface area contributed by atoms with Gasteiger partial charge in [0.1, 0.15) is 5.56 Å². The molecule has 0 aliphatic carbocycles. The Morgan fingerprint density at radius 2 is 2.22 bits per heavy atom. The molecule has 0 spiro atoms. The van der Waals surface area contributed by atoms with E-state index < -0.39 is 17.2 Å². The fourth-order valence-corrected chi connectivity index (χ4v) is 1.54. The van der Waals surface area contributed by atoms with Crippen LogP contribution in [-0.4, -0.2) is 34.1 Å². The summed E-state index contributed by atoms with van der Waals surface area (Å²) in [4.78, 5) is 38.0. The van der Waals surface area contributed by atoms with Gasteiger partial charge >= 0.3 is 5.69 Å². The Morgan fingerprint density at radius 3 is 2.78 bits per heavy atom. The summed E-state index contributed by atoms with van der Waals surface area (Å²) in [6.45, 7) is 2.40. The molecule has 0 aromatic carbocycles. The second kappa shape index (κ2) is 6.75. The standard InChI is InChI=1S/C11H17N3O4/c1-2-7(3-4-15)5-12-9(16)8-6-13-11(18)14-10(8)17/h6-7,15H,2-5H2,1H3,(H,12,16)(H2,13,14,17,18). The molecule has 0 saturated heterocycles. The van der Waals surface area contributed by atoms with Crippen LogP contribution in [0.2, 0.25) is 0 Å². The molecule has 7 heteroatoms. The molecule has 1 rings (SSSR count). The van der Waals surface area contributed by atoms with Crippen LogP contribution in [0.1, 0.15) is 30.1 Å². The zero-order valence-electron chi connectivity index (χ0n) is 10.2. The van der Waals surface area contributed by atoms with Crippen LogP contribution in [0.4, 0.5) is 0 Å². The van der Waals surface area contributed by atoms with Crippen molar-refractivity contribution in [3.63, 3.8) is 0 Å². The molecule has 1 amide bonds. The highest BCUT2D eigenvalue weighted by Gasteiger charge is 2.12. The molecule has 7 nitrogen and oxygen atoms in total. The highest BCUT2D eigenvalue weighted by atomic mass is 16.3. The Balaban J connectivity index is 2.65. The fraction of sp³-hybridized carbons (Fsp3) is 0.545. The molecule has 0 fully saturated rings. The monoisotopic (exact) mass is 255 g/mol. The lowest BCUT2D eigenvalue weighted by molar-refractivity contribution is 0.0941. The van der Waals surface area contributed by atoms with Crippen molar-refractivity contribution in [2.45, 2.75) is 19.8 Å². The predicted molar refractivity (Wildman–Crippen MR) is 65.5 cm³/mol. The van der Waals surface area contributed by atoms with Crippen LogP contribution in [0.15, 0.2) is 15.8 Å². The van der Waals surface area contributed by atoms with Crippen LogP contribution in [0.3, 0.4) is 0 Å². The van der Waals surface area contributed by atoms with E-state index in [0.717, 1.165) is 12.6 Å². The molecule has 1 aromatic heterocycles. The second-order valence-electron chi connectivity index (χ2n) is 3.98. The molecule has 1 heterocycles. The molecule has 0 aliphatic heterocycles. The molecule has 4 N–H and O–H groups in total. The first kappa shape index (κ1) is 14.2. The van der Waals surface area contributed by atoms with Gasteiger partial charge in [0.25, 0.3) is 11.5 Å². The maximum Gasteiger partial charge on any atom is 0.325 e. The van der Waals surface area contributed by atoms with Crippen molar-refractivity contribution in [1.82, 2.24) is 15.3 Å². The number of aromatic nitrogens is 2. The lowest BCUT2D eigenvalue weighted by Gasteiger charge is -2.13. The van der Waals surface area contributed by atoms with Crippen LogP contribution in [-0.2, 0) is 0 Å². The number of carbonyl (C=O) groups excluding carboxylic acids is 1. The van der Waals surface area contributed by atoms with Gasteiger partial charge in [-0.05, 0) is 12.3 Å². The number of aliphatic hydroxyl groups excluding tert-OH is 1. The van der Waals surface area contributed by atoms with Crippen molar-refractivity contribution in [3.8, 4) is 0 Å². The minimum atomic E-state index is -0.716. The van der Waals surface area contributed by atoms with Crippen LogP contribution in [0.5, 0.6) is 0 Å². The Hall–Kier alpha value is -1.89. The van der Waals surface area contributed by atoms with Gasteiger partial charge in [0, 0.05) is 19.3 Å². The first-order chi connectivity index (χ1) is 8.58. The molecule has 1 unspecified atom stereocenters. The maximum absolute atomic E-state index is 11.7. The van der Waals surface area contributed by atoms with E-state index in [1.54, 1.807) is 0 Å². The van der Waals surface area contributed by atoms with E-state index in [1.165, 1.54) is 0 Å². The third kappa shape index (κ3) is 3.85. The van der Waals surface area contributed by atoms with Gasteiger partial charge in [0.05, 0.1) is 0 Å². The third-order valence-corrected chi connectivity index (χ3v) is 2.73. The summed E-state index contributed by atoms with van der Waals surface area (Å²) in [7, 11) is 0. The molecule has 0 bridgehead atoms. The summed E-state index contributed by atoms with van der Waals surface area (Å²) in [5.74, 6) is -0.371. The molecule has 100 valence electrons. The van der Waals surface area contributed by atoms with E-state index in [9.17, 15) is 14.4 Å². The van der Waals surface area contributed by atoms with Crippen LogP contribution in [0.25, 0.3) is 0 Å². The number of amides is 1. The number of hydrogen-bond acceptors (Lipinski definition) is 4. The number of aliphatic hydroxyl groups is 1. The van der Waals surface area contributed by atoms with Crippen molar-refractivity contribution < 1.29 is 9.90 Å². The number of H-pyrrole nitrogens is 2. The Labute approximate surface area is 103 Å². The third-order valence-electron chi connectivity index (χ3n) is 2.73. The lowest BCUT2D eigenvalue weighted by atomic mass is 10.0. The molecule has 1 aromatic rings. The quantitative estimate of drug-likeness (QED) is 0.532. The van der Waals surface area contributed by atoms with Crippen molar-refractivity contribution in [3.05, 3.63) is 32.6 Å². The first-order valence-electron chi connectivity index (χ1n) is 5.79. The number of rotatable bonds is 6. The summed E-state index contributed by atoms with van der Waals surface area (Å²) in [6.07, 6.45) is 2.51.